The van der Waals surface area contributed by atoms with E-state index >= 15 is 0 Å². The van der Waals surface area contributed by atoms with Crippen LogP contribution in [0, 0.1) is 5.82 Å². The van der Waals surface area contributed by atoms with Crippen molar-refractivity contribution in [3.63, 3.8) is 0 Å². The molecule has 0 atom stereocenters. The number of amides is 2. The highest BCUT2D eigenvalue weighted by Gasteiger charge is 2.47. The Balaban J connectivity index is 1.37. The maximum absolute atomic E-state index is 14.5. The van der Waals surface area contributed by atoms with Crippen molar-refractivity contribution in [2.45, 2.75) is 76.6 Å². The third-order valence-electron chi connectivity index (χ3n) is 8.81. The van der Waals surface area contributed by atoms with Gasteiger partial charge in [-0.1, -0.05) is 17.7 Å². The number of piperidine rings is 1. The lowest BCUT2D eigenvalue weighted by molar-refractivity contribution is -0.140. The van der Waals surface area contributed by atoms with Gasteiger partial charge in [0.2, 0.25) is 11.7 Å². The summed E-state index contributed by atoms with van der Waals surface area (Å²) in [5.74, 6) is -2.01. The SMILES string of the molecule is CC(C)(C)OC(=O)N1CCC2(CCc3c2c(=O)n2nc(C4=CCOCC4)nc2n3CC(=O)Nc2ccc(C(F)(F)F)c(F)c2Cl)CC1. The summed E-state index contributed by atoms with van der Waals surface area (Å²) in [6, 6.07) is 1.39. The standard InChI is InChI=1S/C31H33ClF4N6O5/c1-29(2,3)47-28(45)40-12-10-30(11-13-40)9-6-20-22(30)26(44)42-27(38-25(39-42)17-7-14-46-15-8-17)41(20)16-21(43)37-19-5-4-18(31(34,35)36)24(33)23(19)32/h4-5,7H,6,8-16H2,1-3H3,(H,37,43). The summed E-state index contributed by atoms with van der Waals surface area (Å²) < 4.78 is 67.7. The van der Waals surface area contributed by atoms with Crippen LogP contribution < -0.4 is 10.9 Å². The molecule has 2 aromatic heterocycles. The van der Waals surface area contributed by atoms with E-state index in [4.69, 9.17) is 21.1 Å². The second-order valence-electron chi connectivity index (χ2n) is 13.0. The number of benzene rings is 1. The molecular formula is C31H33ClF4N6O5. The van der Waals surface area contributed by atoms with Gasteiger partial charge in [0, 0.05) is 29.8 Å². The van der Waals surface area contributed by atoms with Crippen LogP contribution in [0.25, 0.3) is 11.4 Å². The fraction of sp³-hybridized carbons (Fsp3) is 0.516. The number of nitrogens with zero attached hydrogens (tertiary/aromatic N) is 5. The van der Waals surface area contributed by atoms with E-state index in [1.165, 1.54) is 4.52 Å². The van der Waals surface area contributed by atoms with Gasteiger partial charge in [0.25, 0.3) is 5.56 Å². The summed E-state index contributed by atoms with van der Waals surface area (Å²) >= 11 is 5.90. The van der Waals surface area contributed by atoms with Gasteiger partial charge < -0.3 is 24.3 Å². The zero-order valence-electron chi connectivity index (χ0n) is 26.0. The number of hydrogen-bond donors (Lipinski definition) is 1. The molecule has 1 fully saturated rings. The normalized spacial score (nSPS) is 18.0. The molecule has 0 bridgehead atoms. The molecule has 16 heteroatoms. The molecule has 0 saturated carbocycles. The van der Waals surface area contributed by atoms with Crippen molar-refractivity contribution in [3.8, 4) is 0 Å². The third kappa shape index (κ3) is 6.22. The van der Waals surface area contributed by atoms with Crippen molar-refractivity contribution in [2.24, 2.45) is 0 Å². The molecule has 0 radical (unpaired) electrons. The summed E-state index contributed by atoms with van der Waals surface area (Å²) in [6.07, 6.45) is -1.08. The summed E-state index contributed by atoms with van der Waals surface area (Å²) in [5, 5.41) is 6.07. The van der Waals surface area contributed by atoms with Crippen molar-refractivity contribution in [3.05, 3.63) is 62.0 Å². The van der Waals surface area contributed by atoms with E-state index in [0.717, 1.165) is 11.6 Å². The topological polar surface area (TPSA) is 120 Å². The largest absolute Gasteiger partial charge is 0.444 e. The minimum absolute atomic E-state index is 0.110. The van der Waals surface area contributed by atoms with Crippen LogP contribution >= 0.6 is 11.6 Å². The molecule has 2 amide bonds. The van der Waals surface area contributed by atoms with E-state index in [9.17, 15) is 31.9 Å². The number of rotatable bonds is 4. The Morgan fingerprint density at radius 1 is 1.13 bits per heavy atom. The van der Waals surface area contributed by atoms with E-state index in [1.54, 1.807) is 30.2 Å². The van der Waals surface area contributed by atoms with Gasteiger partial charge in [-0.05, 0) is 70.6 Å². The van der Waals surface area contributed by atoms with Gasteiger partial charge in [0.1, 0.15) is 17.2 Å². The number of nitrogens with one attached hydrogen (secondary N) is 1. The highest BCUT2D eigenvalue weighted by atomic mass is 35.5. The van der Waals surface area contributed by atoms with Crippen LogP contribution in [-0.4, -0.2) is 68.0 Å². The molecule has 1 aliphatic carbocycles. The fourth-order valence-corrected chi connectivity index (χ4v) is 6.76. The predicted octanol–water partition coefficient (Wildman–Crippen LogP) is 5.36. The van der Waals surface area contributed by atoms with E-state index in [-0.39, 0.29) is 17.0 Å². The van der Waals surface area contributed by atoms with Gasteiger partial charge in [-0.3, -0.25) is 9.59 Å². The maximum Gasteiger partial charge on any atom is 0.419 e. The van der Waals surface area contributed by atoms with E-state index in [0.29, 0.717) is 81.6 Å². The molecule has 252 valence electrons. The number of alkyl halides is 3. The van der Waals surface area contributed by atoms with E-state index < -0.39 is 52.1 Å². The smallest absolute Gasteiger partial charge is 0.419 e. The second kappa shape index (κ2) is 11.9. The first kappa shape index (κ1) is 32.9. The van der Waals surface area contributed by atoms with Crippen molar-refractivity contribution < 1.29 is 36.6 Å². The molecule has 4 heterocycles. The third-order valence-corrected chi connectivity index (χ3v) is 9.18. The lowest BCUT2D eigenvalue weighted by atomic mass is 9.74. The molecule has 1 aromatic carbocycles. The highest BCUT2D eigenvalue weighted by Crippen LogP contribution is 2.45. The summed E-state index contributed by atoms with van der Waals surface area (Å²) in [5.41, 5.74) is -1.67. The number of fused-ring (bicyclic) bond motifs is 3. The Labute approximate surface area is 271 Å². The first-order chi connectivity index (χ1) is 22.1. The van der Waals surface area contributed by atoms with E-state index in [2.05, 4.69) is 15.4 Å². The number of hydrogen-bond acceptors (Lipinski definition) is 7. The van der Waals surface area contributed by atoms with Crippen LogP contribution in [0.5, 0.6) is 0 Å². The van der Waals surface area contributed by atoms with Crippen LogP contribution in [0.4, 0.5) is 28.0 Å². The molecule has 0 unspecified atom stereocenters. The number of ether oxygens (including phenoxy) is 2. The summed E-state index contributed by atoms with van der Waals surface area (Å²) in [6.45, 7) is 6.49. The number of carbonyl (C=O) groups is 2. The lowest BCUT2D eigenvalue weighted by Gasteiger charge is -2.39. The van der Waals surface area contributed by atoms with Gasteiger partial charge in [-0.25, -0.2) is 9.18 Å². The number of likely N-dealkylation sites (tertiary alicyclic amines) is 1. The Morgan fingerprint density at radius 2 is 1.85 bits per heavy atom. The van der Waals surface area contributed by atoms with Crippen LogP contribution in [0.1, 0.15) is 69.1 Å². The molecule has 1 saturated heterocycles. The zero-order valence-corrected chi connectivity index (χ0v) is 26.7. The Hall–Kier alpha value is -3.98. The number of halogens is 5. The summed E-state index contributed by atoms with van der Waals surface area (Å²) in [7, 11) is 0. The molecule has 47 heavy (non-hydrogen) atoms. The Morgan fingerprint density at radius 3 is 2.49 bits per heavy atom. The monoisotopic (exact) mass is 680 g/mol. The minimum Gasteiger partial charge on any atom is -0.444 e. The molecule has 6 rings (SSSR count). The van der Waals surface area contributed by atoms with Crippen LogP contribution in [0.15, 0.2) is 23.0 Å². The van der Waals surface area contributed by atoms with Crippen molar-refractivity contribution in [1.29, 1.82) is 0 Å². The van der Waals surface area contributed by atoms with Crippen molar-refractivity contribution in [2.75, 3.05) is 31.6 Å². The van der Waals surface area contributed by atoms with Crippen molar-refractivity contribution in [1.82, 2.24) is 24.1 Å². The molecule has 2 aliphatic heterocycles. The number of carbonyl (C=O) groups excluding carboxylic acids is 2. The summed E-state index contributed by atoms with van der Waals surface area (Å²) in [4.78, 5) is 46.6. The molecule has 1 spiro atoms. The molecular weight excluding hydrogens is 648 g/mol. The van der Waals surface area contributed by atoms with Crippen LogP contribution in [0.3, 0.4) is 0 Å². The minimum atomic E-state index is -4.97. The van der Waals surface area contributed by atoms with Gasteiger partial charge in [-0.15, -0.1) is 5.10 Å². The fourth-order valence-electron chi connectivity index (χ4n) is 6.55. The van der Waals surface area contributed by atoms with Crippen LogP contribution in [-0.2, 0) is 38.8 Å². The number of aromatic nitrogens is 4. The molecule has 3 aliphatic rings. The van der Waals surface area contributed by atoms with Crippen molar-refractivity contribution >= 4 is 40.6 Å². The molecule has 3 aromatic rings. The van der Waals surface area contributed by atoms with Gasteiger partial charge in [0.05, 0.1) is 24.5 Å². The predicted molar refractivity (Wildman–Crippen MR) is 163 cm³/mol. The average Bonchev–Trinajstić information content (AvgIpc) is 3.60. The number of anilines is 1. The Kier molecular flexibility index (Phi) is 8.35. The highest BCUT2D eigenvalue weighted by molar-refractivity contribution is 6.34. The second-order valence-corrected chi connectivity index (χ2v) is 13.4. The average molecular weight is 681 g/mol. The van der Waals surface area contributed by atoms with Gasteiger partial charge >= 0.3 is 12.3 Å². The first-order valence-electron chi connectivity index (χ1n) is 15.2. The zero-order chi connectivity index (χ0) is 33.9. The molecule has 11 nitrogen and oxygen atoms in total. The maximum atomic E-state index is 14.5. The Bertz CT molecular complexity index is 1850. The first-order valence-corrected chi connectivity index (χ1v) is 15.6. The molecule has 1 N–H and O–H groups in total. The van der Waals surface area contributed by atoms with Crippen LogP contribution in [0.2, 0.25) is 5.02 Å². The van der Waals surface area contributed by atoms with Gasteiger partial charge in [0.15, 0.2) is 11.6 Å². The van der Waals surface area contributed by atoms with E-state index in [1.807, 2.05) is 6.08 Å². The quantitative estimate of drug-likeness (QED) is 0.369. The van der Waals surface area contributed by atoms with Gasteiger partial charge in [-0.2, -0.15) is 22.7 Å². The lowest BCUT2D eigenvalue weighted by Crippen LogP contribution is -2.47.